The van der Waals surface area contributed by atoms with Crippen LogP contribution in [0.3, 0.4) is 0 Å². The molecule has 0 amide bonds. The molecule has 0 aliphatic rings. The Balaban J connectivity index is 2.45. The van der Waals surface area contributed by atoms with Gasteiger partial charge in [0, 0.05) is 16.1 Å². The van der Waals surface area contributed by atoms with Crippen LogP contribution in [-0.4, -0.2) is 12.2 Å². The molecule has 1 atom stereocenters. The second kappa shape index (κ2) is 5.92. The van der Waals surface area contributed by atoms with E-state index in [9.17, 15) is 5.11 Å². The molecule has 0 saturated heterocycles. The highest BCUT2D eigenvalue weighted by atomic mass is 79.9. The molecule has 0 spiro atoms. The minimum atomic E-state index is -0.755. The van der Waals surface area contributed by atoms with Gasteiger partial charge in [-0.1, -0.05) is 17.7 Å². The van der Waals surface area contributed by atoms with E-state index >= 15 is 0 Å². The first kappa shape index (κ1) is 14.3. The Labute approximate surface area is 131 Å². The largest absolute Gasteiger partial charge is 0.496 e. The summed E-state index contributed by atoms with van der Waals surface area (Å²) >= 11 is 14.3. The number of aliphatic hydroxyl groups is 1. The van der Waals surface area contributed by atoms with Gasteiger partial charge in [0.2, 0.25) is 0 Å². The molecule has 1 aromatic carbocycles. The van der Waals surface area contributed by atoms with Crippen molar-refractivity contribution in [2.75, 3.05) is 7.11 Å². The molecule has 0 aliphatic carbocycles. The molecule has 0 aliphatic heterocycles. The van der Waals surface area contributed by atoms with Crippen molar-refractivity contribution in [3.8, 4) is 5.75 Å². The summed E-state index contributed by atoms with van der Waals surface area (Å²) in [5, 5.41) is 11.0. The molecule has 2 nitrogen and oxygen atoms in total. The highest BCUT2D eigenvalue weighted by Gasteiger charge is 2.20. The zero-order chi connectivity index (χ0) is 13.3. The number of thiophene rings is 1. The lowest BCUT2D eigenvalue weighted by atomic mass is 10.0. The van der Waals surface area contributed by atoms with Crippen LogP contribution in [0.15, 0.2) is 31.8 Å². The van der Waals surface area contributed by atoms with Crippen LogP contribution < -0.4 is 4.74 Å². The van der Waals surface area contributed by atoms with Crippen LogP contribution in [0.25, 0.3) is 0 Å². The number of methoxy groups -OCH3 is 1. The van der Waals surface area contributed by atoms with Crippen molar-refractivity contribution < 1.29 is 9.84 Å². The molecule has 0 bridgehead atoms. The van der Waals surface area contributed by atoms with E-state index in [1.807, 2.05) is 6.07 Å². The van der Waals surface area contributed by atoms with E-state index in [4.69, 9.17) is 16.3 Å². The van der Waals surface area contributed by atoms with Crippen molar-refractivity contribution in [3.05, 3.63) is 48.0 Å². The van der Waals surface area contributed by atoms with Gasteiger partial charge in [0.25, 0.3) is 0 Å². The smallest absolute Gasteiger partial charge is 0.126 e. The van der Waals surface area contributed by atoms with Crippen LogP contribution in [0.4, 0.5) is 0 Å². The van der Waals surface area contributed by atoms with E-state index in [2.05, 4.69) is 31.9 Å². The molecule has 2 aromatic rings. The Hall–Kier alpha value is -0.0700. The summed E-state index contributed by atoms with van der Waals surface area (Å²) in [5.41, 5.74) is 1.49. The fourth-order valence-electron chi connectivity index (χ4n) is 1.62. The third kappa shape index (κ3) is 2.91. The first-order chi connectivity index (χ1) is 8.52. The van der Waals surface area contributed by atoms with Gasteiger partial charge in [-0.15, -0.1) is 11.3 Å². The van der Waals surface area contributed by atoms with Crippen LogP contribution in [0.2, 0.25) is 5.02 Å². The van der Waals surface area contributed by atoms with Gasteiger partial charge in [-0.3, -0.25) is 0 Å². The number of rotatable bonds is 3. The maximum atomic E-state index is 10.4. The molecule has 1 aromatic heterocycles. The summed E-state index contributed by atoms with van der Waals surface area (Å²) in [6.07, 6.45) is -0.755. The van der Waals surface area contributed by atoms with Gasteiger partial charge in [0.15, 0.2) is 0 Å². The Kier molecular flexibility index (Phi) is 4.72. The Morgan fingerprint density at radius 3 is 2.56 bits per heavy atom. The number of hydrogen-bond donors (Lipinski definition) is 1. The monoisotopic (exact) mass is 410 g/mol. The van der Waals surface area contributed by atoms with Crippen LogP contribution >= 0.6 is 54.8 Å². The number of hydrogen-bond acceptors (Lipinski definition) is 3. The summed E-state index contributed by atoms with van der Waals surface area (Å²) in [6.45, 7) is 0. The van der Waals surface area contributed by atoms with Crippen LogP contribution in [0.5, 0.6) is 5.75 Å². The zero-order valence-corrected chi connectivity index (χ0v) is 14.0. The molecular weight excluding hydrogens is 403 g/mol. The fourth-order valence-corrected chi connectivity index (χ4v) is 4.66. The highest BCUT2D eigenvalue weighted by molar-refractivity contribution is 9.12. The van der Waals surface area contributed by atoms with Gasteiger partial charge >= 0.3 is 0 Å². The highest BCUT2D eigenvalue weighted by Crippen LogP contribution is 2.40. The van der Waals surface area contributed by atoms with Crippen molar-refractivity contribution in [3.63, 3.8) is 0 Å². The van der Waals surface area contributed by atoms with Crippen molar-refractivity contribution in [1.29, 1.82) is 0 Å². The second-order valence-corrected chi connectivity index (χ2v) is 7.75. The first-order valence-electron chi connectivity index (χ1n) is 4.99. The van der Waals surface area contributed by atoms with Crippen LogP contribution in [-0.2, 0) is 0 Å². The molecular formula is C12H9Br2ClO2S. The molecule has 1 N–H and O–H groups in total. The van der Waals surface area contributed by atoms with Crippen molar-refractivity contribution in [2.45, 2.75) is 6.10 Å². The van der Waals surface area contributed by atoms with Gasteiger partial charge in [-0.25, -0.2) is 0 Å². The average molecular weight is 413 g/mol. The topological polar surface area (TPSA) is 29.5 Å². The molecule has 0 radical (unpaired) electrons. The summed E-state index contributed by atoms with van der Waals surface area (Å²) in [6, 6.07) is 7.07. The van der Waals surface area contributed by atoms with E-state index in [-0.39, 0.29) is 0 Å². The first-order valence-corrected chi connectivity index (χ1v) is 7.77. The van der Waals surface area contributed by atoms with E-state index in [1.165, 1.54) is 11.3 Å². The molecule has 96 valence electrons. The lowest BCUT2D eigenvalue weighted by molar-refractivity contribution is 0.214. The average Bonchev–Trinajstić information content (AvgIpc) is 2.67. The molecule has 1 heterocycles. The fraction of sp³-hybridized carbons (Fsp3) is 0.167. The zero-order valence-electron chi connectivity index (χ0n) is 9.28. The van der Waals surface area contributed by atoms with E-state index in [0.29, 0.717) is 16.3 Å². The van der Waals surface area contributed by atoms with Crippen molar-refractivity contribution in [1.82, 2.24) is 0 Å². The SMILES string of the molecule is COc1cc(Cl)ccc1C(O)c1cc(Br)sc1Br. The lowest BCUT2D eigenvalue weighted by Gasteiger charge is -2.14. The lowest BCUT2D eigenvalue weighted by Crippen LogP contribution is -2.01. The predicted octanol–water partition coefficient (Wildman–Crippen LogP) is 5.02. The van der Waals surface area contributed by atoms with Gasteiger partial charge < -0.3 is 9.84 Å². The van der Waals surface area contributed by atoms with Gasteiger partial charge in [-0.2, -0.15) is 0 Å². The summed E-state index contributed by atoms with van der Waals surface area (Å²) < 4.78 is 7.09. The predicted molar refractivity (Wildman–Crippen MR) is 81.8 cm³/mol. The molecule has 0 saturated carbocycles. The molecule has 2 rings (SSSR count). The normalized spacial score (nSPS) is 12.5. The minimum absolute atomic E-state index is 0.573. The van der Waals surface area contributed by atoms with E-state index in [0.717, 1.165) is 13.1 Å². The Morgan fingerprint density at radius 1 is 1.28 bits per heavy atom. The number of benzene rings is 1. The minimum Gasteiger partial charge on any atom is -0.496 e. The molecule has 0 fully saturated rings. The van der Waals surface area contributed by atoms with Crippen LogP contribution in [0.1, 0.15) is 17.2 Å². The summed E-state index contributed by atoms with van der Waals surface area (Å²) in [5.74, 6) is 0.573. The van der Waals surface area contributed by atoms with E-state index in [1.54, 1.807) is 25.3 Å². The second-order valence-electron chi connectivity index (χ2n) is 3.57. The molecule has 18 heavy (non-hydrogen) atoms. The maximum absolute atomic E-state index is 10.4. The summed E-state index contributed by atoms with van der Waals surface area (Å²) in [7, 11) is 1.56. The number of halogens is 3. The summed E-state index contributed by atoms with van der Waals surface area (Å²) in [4.78, 5) is 0. The quantitative estimate of drug-likeness (QED) is 0.767. The molecule has 6 heteroatoms. The van der Waals surface area contributed by atoms with E-state index < -0.39 is 6.10 Å². The van der Waals surface area contributed by atoms with Gasteiger partial charge in [0.05, 0.1) is 14.7 Å². The standard InChI is InChI=1S/C12H9Br2ClO2S/c1-17-9-4-6(15)2-3-7(9)11(16)8-5-10(13)18-12(8)14/h2-5,11,16H,1H3. The maximum Gasteiger partial charge on any atom is 0.126 e. The Bertz CT molecular complexity index is 571. The van der Waals surface area contributed by atoms with Crippen molar-refractivity contribution in [2.24, 2.45) is 0 Å². The van der Waals surface area contributed by atoms with Crippen LogP contribution in [0, 0.1) is 0 Å². The number of ether oxygens (including phenoxy) is 1. The Morgan fingerprint density at radius 2 is 2.00 bits per heavy atom. The van der Waals surface area contributed by atoms with Crippen molar-refractivity contribution >= 4 is 54.8 Å². The van der Waals surface area contributed by atoms with Gasteiger partial charge in [-0.05, 0) is 50.1 Å². The third-order valence-corrected chi connectivity index (χ3v) is 5.09. The van der Waals surface area contributed by atoms with Gasteiger partial charge in [0.1, 0.15) is 11.9 Å². The molecule has 1 unspecified atom stereocenters. The third-order valence-electron chi connectivity index (χ3n) is 2.47. The number of aliphatic hydroxyl groups excluding tert-OH is 1.